The minimum absolute atomic E-state index is 0.653. The van der Waals surface area contributed by atoms with E-state index in [1.54, 1.807) is 0 Å². The molecule has 0 fully saturated rings. The maximum atomic E-state index is 2.39. The van der Waals surface area contributed by atoms with E-state index in [9.17, 15) is 0 Å². The highest BCUT2D eigenvalue weighted by molar-refractivity contribution is 6.55. The van der Waals surface area contributed by atoms with Gasteiger partial charge in [0.25, 0.3) is 0 Å². The number of rotatable bonds is 0. The van der Waals surface area contributed by atoms with E-state index >= 15 is 0 Å². The molecule has 10 heavy (non-hydrogen) atoms. The van der Waals surface area contributed by atoms with E-state index in [1.807, 2.05) is 0 Å². The molecule has 3 rings (SSSR count). The molecule has 47 valence electrons. The molecular weight excluding hydrogens is 121 g/mol. The topological polar surface area (TPSA) is 4.93 Å². The van der Waals surface area contributed by atoms with Gasteiger partial charge in [-0.15, -0.1) is 0 Å². The molecule has 1 atom stereocenters. The van der Waals surface area contributed by atoms with Crippen molar-refractivity contribution < 1.29 is 0 Å². The van der Waals surface area contributed by atoms with Gasteiger partial charge in [-0.1, -0.05) is 12.1 Å². The molecule has 0 bridgehead atoms. The van der Waals surface area contributed by atoms with Gasteiger partial charge in [0.1, 0.15) is 0 Å². The third-order valence-corrected chi connectivity index (χ3v) is 2.37. The molecule has 2 aliphatic rings. The third-order valence-electron chi connectivity index (χ3n) is 2.37. The van der Waals surface area contributed by atoms with Crippen LogP contribution in [0.5, 0.6) is 0 Å². The van der Waals surface area contributed by atoms with Gasteiger partial charge in [0.05, 0.1) is 0 Å². The van der Waals surface area contributed by atoms with Crippen LogP contribution < -0.4 is 10.7 Å². The Balaban J connectivity index is 2.58. The van der Waals surface area contributed by atoms with Crippen LogP contribution in [-0.2, 0) is 0 Å². The van der Waals surface area contributed by atoms with Crippen LogP contribution in [0.25, 0.3) is 12.1 Å². The third kappa shape index (κ3) is 0.386. The van der Waals surface area contributed by atoms with Crippen molar-refractivity contribution in [2.24, 2.45) is 0 Å². The zero-order valence-electron chi connectivity index (χ0n) is 5.62. The highest BCUT2D eigenvalue weighted by Gasteiger charge is 2.20. The molecule has 0 aliphatic carbocycles. The first-order valence-corrected chi connectivity index (χ1v) is 3.68. The molecule has 0 spiro atoms. The Morgan fingerprint density at radius 3 is 3.30 bits per heavy atom. The van der Waals surface area contributed by atoms with Crippen molar-refractivity contribution in [1.82, 2.24) is 4.57 Å². The summed E-state index contributed by atoms with van der Waals surface area (Å²) in [6.45, 7) is 0. The van der Waals surface area contributed by atoms with E-state index < -0.39 is 0 Å². The van der Waals surface area contributed by atoms with Crippen LogP contribution in [0.2, 0.25) is 0 Å². The average molecular weight is 128 g/mol. The summed E-state index contributed by atoms with van der Waals surface area (Å²) in [4.78, 5) is 0. The fourth-order valence-electron chi connectivity index (χ4n) is 1.89. The Morgan fingerprint density at radius 2 is 2.30 bits per heavy atom. The first-order chi connectivity index (χ1) is 4.95. The van der Waals surface area contributed by atoms with Crippen molar-refractivity contribution in [3.05, 3.63) is 22.8 Å². The fourth-order valence-corrected chi connectivity index (χ4v) is 1.89. The van der Waals surface area contributed by atoms with E-state index in [0.717, 1.165) is 0 Å². The van der Waals surface area contributed by atoms with Crippen molar-refractivity contribution in [2.45, 2.75) is 12.4 Å². The van der Waals surface area contributed by atoms with Gasteiger partial charge in [0, 0.05) is 16.6 Å². The second-order valence-electron chi connectivity index (χ2n) is 2.92. The highest BCUT2D eigenvalue weighted by Crippen LogP contribution is 2.14. The maximum Gasteiger partial charge on any atom is 0.174 e. The van der Waals surface area contributed by atoms with Gasteiger partial charge in [-0.3, -0.25) is 0 Å². The number of nitrogens with zero attached hydrogens (tertiary/aromatic N) is 1. The zero-order valence-corrected chi connectivity index (χ0v) is 5.62. The molecule has 0 N–H and O–H groups in total. The maximum absolute atomic E-state index is 2.39. The van der Waals surface area contributed by atoms with Crippen LogP contribution in [0.4, 0.5) is 0 Å². The summed E-state index contributed by atoms with van der Waals surface area (Å²) in [7, 11) is 2.28. The summed E-state index contributed by atoms with van der Waals surface area (Å²) in [5.74, 6) is 2.86. The molecular formula is C8H7BN. The minimum Gasteiger partial charge on any atom is -0.347 e. The molecule has 3 heterocycles. The molecule has 1 aromatic rings. The molecule has 1 radical (unpaired) electrons. The lowest BCUT2D eigenvalue weighted by atomic mass is 9.71. The lowest BCUT2D eigenvalue weighted by Gasteiger charge is -2.03. The Labute approximate surface area is 59.9 Å². The molecule has 0 saturated carbocycles. The summed E-state index contributed by atoms with van der Waals surface area (Å²) in [6.07, 6.45) is 3.50. The van der Waals surface area contributed by atoms with Crippen molar-refractivity contribution in [3.63, 3.8) is 0 Å². The summed E-state index contributed by atoms with van der Waals surface area (Å²) in [5, 5.41) is 2.76. The Hall–Kier alpha value is -0.915. The fraction of sp³-hybridized carbons (Fsp3) is 0.250. The SMILES string of the molecule is [B]1C=c2ccc3n2[C@H]1CC=3. The zero-order chi connectivity index (χ0) is 6.55. The Kier molecular flexibility index (Phi) is 0.672. The van der Waals surface area contributed by atoms with Gasteiger partial charge < -0.3 is 4.57 Å². The van der Waals surface area contributed by atoms with Crippen molar-refractivity contribution in [3.8, 4) is 0 Å². The van der Waals surface area contributed by atoms with E-state index in [2.05, 4.69) is 36.0 Å². The molecule has 0 saturated heterocycles. The number of hydrogen-bond donors (Lipinski definition) is 0. The summed E-state index contributed by atoms with van der Waals surface area (Å²) >= 11 is 0. The number of aromatic nitrogens is 1. The minimum atomic E-state index is 0.653. The summed E-state index contributed by atoms with van der Waals surface area (Å²) < 4.78 is 2.39. The quantitative estimate of drug-likeness (QED) is 0.420. The van der Waals surface area contributed by atoms with Gasteiger partial charge in [-0.05, 0) is 18.6 Å². The van der Waals surface area contributed by atoms with E-state index in [-0.39, 0.29) is 0 Å². The largest absolute Gasteiger partial charge is 0.347 e. The van der Waals surface area contributed by atoms with Crippen LogP contribution >= 0.6 is 0 Å². The predicted octanol–water partition coefficient (Wildman–Crippen LogP) is -0.373. The van der Waals surface area contributed by atoms with Crippen molar-refractivity contribution in [1.29, 1.82) is 0 Å². The first kappa shape index (κ1) is 4.83. The van der Waals surface area contributed by atoms with E-state index in [0.29, 0.717) is 5.94 Å². The van der Waals surface area contributed by atoms with Gasteiger partial charge in [0.2, 0.25) is 0 Å². The smallest absolute Gasteiger partial charge is 0.174 e. The molecule has 1 aromatic heterocycles. The Morgan fingerprint density at radius 1 is 1.40 bits per heavy atom. The molecule has 2 aliphatic heterocycles. The predicted molar refractivity (Wildman–Crippen MR) is 42.0 cm³/mol. The summed E-state index contributed by atoms with van der Waals surface area (Å²) in [5.41, 5.74) is 0. The Bertz CT molecular complexity index is 352. The van der Waals surface area contributed by atoms with Gasteiger partial charge in [0.15, 0.2) is 7.28 Å². The normalized spacial score (nSPS) is 25.0. The van der Waals surface area contributed by atoms with Crippen molar-refractivity contribution >= 4 is 19.3 Å². The monoisotopic (exact) mass is 128 g/mol. The molecule has 0 aromatic carbocycles. The van der Waals surface area contributed by atoms with E-state index in [4.69, 9.17) is 0 Å². The average Bonchev–Trinajstić information content (AvgIpc) is 2.56. The molecule has 2 heteroatoms. The number of hydrogen-bond acceptors (Lipinski definition) is 0. The van der Waals surface area contributed by atoms with Crippen molar-refractivity contribution in [2.75, 3.05) is 0 Å². The van der Waals surface area contributed by atoms with Crippen LogP contribution in [0, 0.1) is 0 Å². The molecule has 0 amide bonds. The van der Waals surface area contributed by atoms with Gasteiger partial charge in [-0.25, -0.2) is 0 Å². The molecule has 1 nitrogen and oxygen atoms in total. The van der Waals surface area contributed by atoms with Crippen LogP contribution in [0.3, 0.4) is 0 Å². The van der Waals surface area contributed by atoms with Crippen LogP contribution in [0.1, 0.15) is 12.4 Å². The van der Waals surface area contributed by atoms with Gasteiger partial charge >= 0.3 is 0 Å². The highest BCUT2D eigenvalue weighted by atomic mass is 15.0. The van der Waals surface area contributed by atoms with Crippen LogP contribution in [-0.4, -0.2) is 11.8 Å². The first-order valence-electron chi connectivity index (χ1n) is 3.68. The second kappa shape index (κ2) is 1.39. The lowest BCUT2D eigenvalue weighted by Crippen LogP contribution is -2.21. The molecule has 0 unspecified atom stereocenters. The standard InChI is InChI=1S/C8H7BN/c1-2-7-5-9-8-4-3-6(1)10(7)8/h1-3,5,8H,4H2/t8-/m0/s1. The second-order valence-corrected chi connectivity index (χ2v) is 2.92. The van der Waals surface area contributed by atoms with E-state index in [1.165, 1.54) is 17.1 Å². The van der Waals surface area contributed by atoms with Gasteiger partial charge in [-0.2, -0.15) is 0 Å². The van der Waals surface area contributed by atoms with Crippen LogP contribution in [0.15, 0.2) is 12.1 Å². The lowest BCUT2D eigenvalue weighted by molar-refractivity contribution is 0.701. The summed E-state index contributed by atoms with van der Waals surface area (Å²) in [6, 6.07) is 4.38.